The molecule has 1 amide bonds. The predicted molar refractivity (Wildman–Crippen MR) is 93.4 cm³/mol. The van der Waals surface area contributed by atoms with Crippen LogP contribution < -0.4 is 10.1 Å². The molecule has 3 nitrogen and oxygen atoms in total. The van der Waals surface area contributed by atoms with E-state index in [1.807, 2.05) is 19.9 Å². The van der Waals surface area contributed by atoms with Gasteiger partial charge in [0.2, 0.25) is 5.91 Å². The number of methoxy groups -OCH3 is 1. The smallest absolute Gasteiger partial charge is 0.416 e. The molecule has 2 unspecified atom stereocenters. The van der Waals surface area contributed by atoms with Crippen molar-refractivity contribution < 1.29 is 22.7 Å². The van der Waals surface area contributed by atoms with Gasteiger partial charge in [0.05, 0.1) is 12.7 Å². The molecule has 1 N–H and O–H groups in total. The Kier molecular flexibility index (Phi) is 4.69. The molecule has 0 spiro atoms. The number of benzene rings is 2. The molecule has 0 aliphatic heterocycles. The van der Waals surface area contributed by atoms with E-state index in [0.717, 1.165) is 17.2 Å². The number of ether oxygens (including phenoxy) is 1. The van der Waals surface area contributed by atoms with Gasteiger partial charge in [-0.2, -0.15) is 13.2 Å². The van der Waals surface area contributed by atoms with Crippen molar-refractivity contribution in [2.75, 3.05) is 12.4 Å². The lowest BCUT2D eigenvalue weighted by atomic mass is 10.0. The third-order valence-corrected chi connectivity index (χ3v) is 4.86. The molecule has 6 heteroatoms. The number of carbonyl (C=O) groups excluding carboxylic acids is 1. The van der Waals surface area contributed by atoms with Crippen molar-refractivity contribution in [1.29, 1.82) is 0 Å². The number of alkyl halides is 3. The molecular weight excluding hydrogens is 343 g/mol. The third kappa shape index (κ3) is 3.41. The molecule has 1 aliphatic carbocycles. The number of hydrogen-bond donors (Lipinski definition) is 1. The van der Waals surface area contributed by atoms with Crippen molar-refractivity contribution in [3.8, 4) is 5.75 Å². The van der Waals surface area contributed by atoms with Crippen LogP contribution in [0.25, 0.3) is 0 Å². The minimum atomic E-state index is -4.42. The Labute approximate surface area is 150 Å². The molecule has 0 saturated heterocycles. The van der Waals surface area contributed by atoms with Gasteiger partial charge >= 0.3 is 6.18 Å². The summed E-state index contributed by atoms with van der Waals surface area (Å²) < 4.78 is 44.9. The van der Waals surface area contributed by atoms with E-state index in [-0.39, 0.29) is 11.5 Å². The van der Waals surface area contributed by atoms with Gasteiger partial charge in [0, 0.05) is 17.2 Å². The number of rotatable bonds is 4. The summed E-state index contributed by atoms with van der Waals surface area (Å²) in [7, 11) is 1.56. The fourth-order valence-corrected chi connectivity index (χ4v) is 3.41. The Balaban J connectivity index is 1.77. The van der Waals surface area contributed by atoms with E-state index in [9.17, 15) is 18.0 Å². The predicted octanol–water partition coefficient (Wildman–Crippen LogP) is 5.07. The molecule has 138 valence electrons. The summed E-state index contributed by atoms with van der Waals surface area (Å²) in [4.78, 5) is 12.5. The Morgan fingerprint density at radius 1 is 1.15 bits per heavy atom. The molecule has 1 aliphatic rings. The zero-order chi connectivity index (χ0) is 19.1. The molecule has 0 heterocycles. The normalized spacial score (nSPS) is 19.2. The molecule has 0 radical (unpaired) electrons. The second-order valence-corrected chi connectivity index (χ2v) is 6.61. The van der Waals surface area contributed by atoms with Gasteiger partial charge in [-0.15, -0.1) is 0 Å². The highest BCUT2D eigenvalue weighted by Crippen LogP contribution is 2.51. The number of hydrogen-bond acceptors (Lipinski definition) is 2. The minimum Gasteiger partial charge on any atom is -0.496 e. The Morgan fingerprint density at radius 2 is 1.85 bits per heavy atom. The van der Waals surface area contributed by atoms with Gasteiger partial charge in [-0.3, -0.25) is 4.79 Å². The first kappa shape index (κ1) is 18.3. The molecule has 1 saturated carbocycles. The van der Waals surface area contributed by atoms with Crippen molar-refractivity contribution in [2.24, 2.45) is 5.92 Å². The molecule has 2 atom stereocenters. The van der Waals surface area contributed by atoms with Crippen molar-refractivity contribution in [1.82, 2.24) is 0 Å². The number of halogens is 3. The van der Waals surface area contributed by atoms with Crippen molar-refractivity contribution in [2.45, 2.75) is 32.4 Å². The van der Waals surface area contributed by atoms with Crippen LogP contribution in [0.1, 0.15) is 34.6 Å². The zero-order valence-electron chi connectivity index (χ0n) is 14.8. The summed E-state index contributed by atoms with van der Waals surface area (Å²) in [6.07, 6.45) is -4.00. The summed E-state index contributed by atoms with van der Waals surface area (Å²) in [5.41, 5.74) is 1.90. The quantitative estimate of drug-likeness (QED) is 0.823. The average molecular weight is 363 g/mol. The standard InChI is InChI=1S/C20H20F3NO2/c1-11-8-9-17(12(2)18(11)26-3)24-19(25)15-10-14(15)13-6-4-5-7-16(13)20(21,22)23/h4-9,14-15H,10H2,1-3H3,(H,24,25). The number of amides is 1. The van der Waals surface area contributed by atoms with E-state index < -0.39 is 23.6 Å². The van der Waals surface area contributed by atoms with Crippen molar-refractivity contribution >= 4 is 11.6 Å². The maximum Gasteiger partial charge on any atom is 0.416 e. The van der Waals surface area contributed by atoms with Gasteiger partial charge in [0.1, 0.15) is 5.75 Å². The highest BCUT2D eigenvalue weighted by molar-refractivity contribution is 5.96. The summed E-state index contributed by atoms with van der Waals surface area (Å²) in [6.45, 7) is 3.74. The fraction of sp³-hybridized carbons (Fsp3) is 0.350. The SMILES string of the molecule is COc1c(C)ccc(NC(=O)C2CC2c2ccccc2C(F)(F)F)c1C. The van der Waals surface area contributed by atoms with Gasteiger partial charge in [-0.1, -0.05) is 24.3 Å². The average Bonchev–Trinajstić information content (AvgIpc) is 3.38. The molecular formula is C20H20F3NO2. The first-order chi connectivity index (χ1) is 12.2. The zero-order valence-corrected chi connectivity index (χ0v) is 14.8. The van der Waals surface area contributed by atoms with Crippen LogP contribution in [0.2, 0.25) is 0 Å². The van der Waals surface area contributed by atoms with Crippen LogP contribution in [0.3, 0.4) is 0 Å². The summed E-state index contributed by atoms with van der Waals surface area (Å²) in [5.74, 6) is -0.427. The van der Waals surface area contributed by atoms with Crippen LogP contribution in [-0.2, 0) is 11.0 Å². The van der Waals surface area contributed by atoms with E-state index >= 15 is 0 Å². The monoisotopic (exact) mass is 363 g/mol. The lowest BCUT2D eigenvalue weighted by molar-refractivity contribution is -0.138. The molecule has 2 aromatic carbocycles. The summed E-state index contributed by atoms with van der Waals surface area (Å²) >= 11 is 0. The number of anilines is 1. The lowest BCUT2D eigenvalue weighted by Gasteiger charge is -2.15. The Hall–Kier alpha value is -2.50. The van der Waals surface area contributed by atoms with Crippen LogP contribution in [0, 0.1) is 19.8 Å². The summed E-state index contributed by atoms with van der Waals surface area (Å²) in [6, 6.07) is 9.09. The fourth-order valence-electron chi connectivity index (χ4n) is 3.41. The maximum absolute atomic E-state index is 13.2. The largest absolute Gasteiger partial charge is 0.496 e. The highest BCUT2D eigenvalue weighted by atomic mass is 19.4. The second kappa shape index (κ2) is 6.67. The van der Waals surface area contributed by atoms with Crippen LogP contribution >= 0.6 is 0 Å². The maximum atomic E-state index is 13.2. The lowest BCUT2D eigenvalue weighted by Crippen LogP contribution is -2.16. The van der Waals surface area contributed by atoms with E-state index in [2.05, 4.69) is 5.32 Å². The molecule has 3 rings (SSSR count). The molecule has 0 aromatic heterocycles. The van der Waals surface area contributed by atoms with E-state index in [1.165, 1.54) is 12.1 Å². The molecule has 1 fully saturated rings. The van der Waals surface area contributed by atoms with Crippen LogP contribution in [-0.4, -0.2) is 13.0 Å². The second-order valence-electron chi connectivity index (χ2n) is 6.61. The van der Waals surface area contributed by atoms with E-state index in [0.29, 0.717) is 17.9 Å². The van der Waals surface area contributed by atoms with E-state index in [1.54, 1.807) is 19.2 Å². The Bertz CT molecular complexity index is 845. The van der Waals surface area contributed by atoms with E-state index in [4.69, 9.17) is 4.74 Å². The van der Waals surface area contributed by atoms with Gasteiger partial charge < -0.3 is 10.1 Å². The first-order valence-electron chi connectivity index (χ1n) is 8.35. The molecule has 26 heavy (non-hydrogen) atoms. The Morgan fingerprint density at radius 3 is 2.50 bits per heavy atom. The van der Waals surface area contributed by atoms with Crippen molar-refractivity contribution in [3.05, 3.63) is 58.7 Å². The minimum absolute atomic E-state index is 0.193. The van der Waals surface area contributed by atoms with Gasteiger partial charge in [0.25, 0.3) is 0 Å². The van der Waals surface area contributed by atoms with Crippen LogP contribution in [0.4, 0.5) is 18.9 Å². The number of aryl methyl sites for hydroxylation is 1. The topological polar surface area (TPSA) is 38.3 Å². The molecule has 0 bridgehead atoms. The van der Waals surface area contributed by atoms with Gasteiger partial charge in [-0.25, -0.2) is 0 Å². The van der Waals surface area contributed by atoms with Crippen LogP contribution in [0.15, 0.2) is 36.4 Å². The van der Waals surface area contributed by atoms with Crippen molar-refractivity contribution in [3.63, 3.8) is 0 Å². The first-order valence-corrected chi connectivity index (χ1v) is 8.35. The number of carbonyl (C=O) groups is 1. The third-order valence-electron chi connectivity index (χ3n) is 4.86. The number of nitrogens with one attached hydrogen (secondary N) is 1. The highest BCUT2D eigenvalue weighted by Gasteiger charge is 2.47. The van der Waals surface area contributed by atoms with Gasteiger partial charge in [0.15, 0.2) is 0 Å². The van der Waals surface area contributed by atoms with Gasteiger partial charge in [-0.05, 0) is 49.4 Å². The van der Waals surface area contributed by atoms with Crippen LogP contribution in [0.5, 0.6) is 5.75 Å². The molecule has 2 aromatic rings. The summed E-state index contributed by atoms with van der Waals surface area (Å²) in [5, 5.41) is 2.83.